The molecule has 25 heavy (non-hydrogen) atoms. The lowest BCUT2D eigenvalue weighted by Gasteiger charge is -2.32. The molecule has 1 aromatic heterocycles. The second-order valence-electron chi connectivity index (χ2n) is 6.15. The molecule has 0 amide bonds. The van der Waals surface area contributed by atoms with Gasteiger partial charge in [-0.1, -0.05) is 0 Å². The molecular weight excluding hydrogens is 368 g/mol. The third kappa shape index (κ3) is 5.20. The first kappa shape index (κ1) is 18.2. The number of thiazole rings is 1. The summed E-state index contributed by atoms with van der Waals surface area (Å²) in [6.45, 7) is 1.96. The fraction of sp³-hybridized carbons (Fsp3) is 0.438. The molecule has 1 atom stereocenters. The number of hydrogen-bond acceptors (Lipinski definition) is 5. The van der Waals surface area contributed by atoms with E-state index in [4.69, 9.17) is 0 Å². The normalized spacial score (nSPS) is 18.5. The summed E-state index contributed by atoms with van der Waals surface area (Å²) >= 11 is 1.56. The smallest absolute Gasteiger partial charge is 0.215 e. The first-order valence-corrected chi connectivity index (χ1v) is 10.5. The van der Waals surface area contributed by atoms with Crippen LogP contribution in [-0.4, -0.2) is 33.0 Å². The summed E-state index contributed by atoms with van der Waals surface area (Å²) in [5, 5.41) is 2.86. The third-order valence-corrected chi connectivity index (χ3v) is 6.23. The van der Waals surface area contributed by atoms with Crippen LogP contribution in [0.2, 0.25) is 0 Å². The zero-order chi connectivity index (χ0) is 17.9. The zero-order valence-corrected chi connectivity index (χ0v) is 15.1. The van der Waals surface area contributed by atoms with Crippen LogP contribution >= 0.6 is 11.3 Å². The monoisotopic (exact) mass is 387 g/mol. The van der Waals surface area contributed by atoms with Gasteiger partial charge in [-0.3, -0.25) is 0 Å². The van der Waals surface area contributed by atoms with E-state index in [1.807, 2.05) is 5.38 Å². The fourth-order valence-corrected chi connectivity index (χ4v) is 4.86. The Labute approximate surface area is 149 Å². The van der Waals surface area contributed by atoms with Crippen molar-refractivity contribution in [1.29, 1.82) is 0 Å². The lowest BCUT2D eigenvalue weighted by molar-refractivity contribution is 0.410. The molecule has 0 saturated carbocycles. The molecule has 136 valence electrons. The van der Waals surface area contributed by atoms with Crippen molar-refractivity contribution in [3.8, 4) is 0 Å². The molecule has 3 rings (SSSR count). The Balaban J connectivity index is 1.56. The van der Waals surface area contributed by atoms with E-state index in [9.17, 15) is 17.2 Å². The van der Waals surface area contributed by atoms with Crippen LogP contribution in [-0.2, 0) is 15.8 Å². The highest BCUT2D eigenvalue weighted by atomic mass is 32.2. The van der Waals surface area contributed by atoms with E-state index < -0.39 is 27.4 Å². The number of rotatable bonds is 6. The molecule has 0 bridgehead atoms. The Morgan fingerprint density at radius 3 is 2.72 bits per heavy atom. The standard InChI is InChI=1S/C16H19F2N3O2S2/c17-14-6-13(7-15(18)8-14)11-25(22,23)20-9-12-2-1-4-21(10-12)16-19-3-5-24-16/h3,5-8,12,20H,1-2,4,9-11H2. The molecule has 5 nitrogen and oxygen atoms in total. The molecular formula is C16H19F2N3O2S2. The van der Waals surface area contributed by atoms with Gasteiger partial charge in [0.2, 0.25) is 10.0 Å². The Morgan fingerprint density at radius 2 is 2.04 bits per heavy atom. The molecule has 0 aliphatic carbocycles. The molecule has 1 saturated heterocycles. The van der Waals surface area contributed by atoms with Crippen LogP contribution in [0.1, 0.15) is 18.4 Å². The Hall–Kier alpha value is -1.58. The maximum absolute atomic E-state index is 13.2. The zero-order valence-electron chi connectivity index (χ0n) is 13.5. The molecule has 0 radical (unpaired) electrons. The second kappa shape index (κ2) is 7.76. The van der Waals surface area contributed by atoms with Gasteiger partial charge in [0.25, 0.3) is 0 Å². The van der Waals surface area contributed by atoms with Crippen molar-refractivity contribution in [2.45, 2.75) is 18.6 Å². The SMILES string of the molecule is O=S(=O)(Cc1cc(F)cc(F)c1)NCC1CCCN(c2nccs2)C1. The Bertz CT molecular complexity index is 793. The average molecular weight is 387 g/mol. The summed E-state index contributed by atoms with van der Waals surface area (Å²) < 4.78 is 53.3. The van der Waals surface area contributed by atoms with Gasteiger partial charge in [-0.25, -0.2) is 26.9 Å². The van der Waals surface area contributed by atoms with Crippen molar-refractivity contribution in [2.75, 3.05) is 24.5 Å². The number of hydrogen-bond donors (Lipinski definition) is 1. The molecule has 1 fully saturated rings. The molecule has 2 aromatic rings. The van der Waals surface area contributed by atoms with Gasteiger partial charge < -0.3 is 4.90 Å². The number of nitrogens with zero attached hydrogens (tertiary/aromatic N) is 2. The highest BCUT2D eigenvalue weighted by Crippen LogP contribution is 2.24. The highest BCUT2D eigenvalue weighted by Gasteiger charge is 2.23. The van der Waals surface area contributed by atoms with Crippen molar-refractivity contribution in [1.82, 2.24) is 9.71 Å². The van der Waals surface area contributed by atoms with E-state index in [-0.39, 0.29) is 11.5 Å². The number of nitrogens with one attached hydrogen (secondary N) is 1. The number of halogens is 2. The van der Waals surface area contributed by atoms with E-state index in [1.54, 1.807) is 17.5 Å². The first-order valence-electron chi connectivity index (χ1n) is 7.98. The summed E-state index contributed by atoms with van der Waals surface area (Å²) in [5.41, 5.74) is 0.0954. The van der Waals surface area contributed by atoms with Gasteiger partial charge in [0.05, 0.1) is 5.75 Å². The van der Waals surface area contributed by atoms with Gasteiger partial charge in [-0.2, -0.15) is 0 Å². The van der Waals surface area contributed by atoms with Crippen molar-refractivity contribution in [3.05, 3.63) is 47.0 Å². The van der Waals surface area contributed by atoms with Crippen LogP contribution < -0.4 is 9.62 Å². The lowest BCUT2D eigenvalue weighted by atomic mass is 9.99. The molecule has 1 aromatic carbocycles. The number of aromatic nitrogens is 1. The second-order valence-corrected chi connectivity index (χ2v) is 8.83. The van der Waals surface area contributed by atoms with Crippen molar-refractivity contribution in [2.24, 2.45) is 5.92 Å². The molecule has 1 unspecified atom stereocenters. The van der Waals surface area contributed by atoms with Gasteiger partial charge in [-0.15, -0.1) is 11.3 Å². The van der Waals surface area contributed by atoms with Gasteiger partial charge in [0.1, 0.15) is 11.6 Å². The van der Waals surface area contributed by atoms with E-state index >= 15 is 0 Å². The van der Waals surface area contributed by atoms with Crippen molar-refractivity contribution < 1.29 is 17.2 Å². The molecule has 2 heterocycles. The van der Waals surface area contributed by atoms with Crippen molar-refractivity contribution >= 4 is 26.5 Å². The van der Waals surface area contributed by atoms with E-state index in [0.29, 0.717) is 6.54 Å². The van der Waals surface area contributed by atoms with Crippen LogP contribution in [0.4, 0.5) is 13.9 Å². The largest absolute Gasteiger partial charge is 0.348 e. The summed E-state index contributed by atoms with van der Waals surface area (Å²) in [5.74, 6) is -1.82. The number of anilines is 1. The van der Waals surface area contributed by atoms with Gasteiger partial charge in [-0.05, 0) is 36.5 Å². The van der Waals surface area contributed by atoms with Crippen LogP contribution in [0.5, 0.6) is 0 Å². The molecule has 1 aliphatic rings. The minimum Gasteiger partial charge on any atom is -0.348 e. The lowest BCUT2D eigenvalue weighted by Crippen LogP contribution is -2.41. The topological polar surface area (TPSA) is 62.3 Å². The van der Waals surface area contributed by atoms with Crippen molar-refractivity contribution in [3.63, 3.8) is 0 Å². The van der Waals surface area contributed by atoms with E-state index in [1.165, 1.54) is 0 Å². The van der Waals surface area contributed by atoms with Gasteiger partial charge in [0, 0.05) is 37.3 Å². The van der Waals surface area contributed by atoms with E-state index in [2.05, 4.69) is 14.6 Å². The van der Waals surface area contributed by atoms with Gasteiger partial charge in [0.15, 0.2) is 5.13 Å². The van der Waals surface area contributed by atoms with Crippen LogP contribution in [0.15, 0.2) is 29.8 Å². The predicted octanol–water partition coefficient (Wildman–Crippen LogP) is 2.76. The van der Waals surface area contributed by atoms with Crippen LogP contribution in [0.25, 0.3) is 0 Å². The number of sulfonamides is 1. The Morgan fingerprint density at radius 1 is 1.28 bits per heavy atom. The quantitative estimate of drug-likeness (QED) is 0.828. The minimum absolute atomic E-state index is 0.0954. The molecule has 1 N–H and O–H groups in total. The highest BCUT2D eigenvalue weighted by molar-refractivity contribution is 7.88. The van der Waals surface area contributed by atoms with Crippen LogP contribution in [0.3, 0.4) is 0 Å². The number of piperidine rings is 1. The summed E-state index contributed by atoms with van der Waals surface area (Å²) in [6, 6.07) is 2.79. The van der Waals surface area contributed by atoms with Crippen LogP contribution in [0, 0.1) is 17.6 Å². The average Bonchev–Trinajstić information content (AvgIpc) is 3.06. The predicted molar refractivity (Wildman–Crippen MR) is 94.0 cm³/mol. The first-order chi connectivity index (χ1) is 11.9. The number of benzene rings is 1. The summed E-state index contributed by atoms with van der Waals surface area (Å²) in [6.07, 6.45) is 3.66. The maximum atomic E-state index is 13.2. The third-order valence-electron chi connectivity index (χ3n) is 4.08. The fourth-order valence-electron chi connectivity index (χ4n) is 2.99. The molecule has 0 spiro atoms. The summed E-state index contributed by atoms with van der Waals surface area (Å²) in [4.78, 5) is 6.45. The minimum atomic E-state index is -3.65. The summed E-state index contributed by atoms with van der Waals surface area (Å²) in [7, 11) is -3.65. The van der Waals surface area contributed by atoms with E-state index in [0.717, 1.165) is 49.3 Å². The molecule has 1 aliphatic heterocycles. The molecule has 9 heteroatoms. The maximum Gasteiger partial charge on any atom is 0.215 e. The Kier molecular flexibility index (Phi) is 5.65. The van der Waals surface area contributed by atoms with Gasteiger partial charge >= 0.3 is 0 Å².